The smallest absolute Gasteiger partial charge is 0.373 e. The van der Waals surface area contributed by atoms with Gasteiger partial charge in [-0.25, -0.2) is 0 Å². The summed E-state index contributed by atoms with van der Waals surface area (Å²) in [5.74, 6) is 0.570. The second-order valence-electron chi connectivity index (χ2n) is 6.04. The normalized spacial score (nSPS) is 20.5. The van der Waals surface area contributed by atoms with Gasteiger partial charge in [0.15, 0.2) is 0 Å². The summed E-state index contributed by atoms with van der Waals surface area (Å²) in [5.41, 5.74) is 1.58. The van der Waals surface area contributed by atoms with Crippen LogP contribution in [-0.2, 0) is 13.3 Å². The molecule has 1 aliphatic rings. The van der Waals surface area contributed by atoms with Crippen molar-refractivity contribution in [3.63, 3.8) is 0 Å². The fourth-order valence-electron chi connectivity index (χ4n) is 3.17. The van der Waals surface area contributed by atoms with Crippen molar-refractivity contribution in [3.8, 4) is 0 Å². The zero-order valence-electron chi connectivity index (χ0n) is 14.2. The van der Waals surface area contributed by atoms with Crippen LogP contribution < -0.4 is 0 Å². The fourth-order valence-corrected chi connectivity index (χ4v) is 7.13. The first kappa shape index (κ1) is 19.6. The molecule has 124 valence electrons. The quantitative estimate of drug-likeness (QED) is 0.225. The first-order chi connectivity index (χ1) is 9.97. The van der Waals surface area contributed by atoms with Crippen LogP contribution in [-0.4, -0.2) is 33.1 Å². The van der Waals surface area contributed by atoms with Crippen LogP contribution in [0.3, 0.4) is 0 Å². The van der Waals surface area contributed by atoms with Crippen LogP contribution in [0.25, 0.3) is 0 Å². The number of allylic oxidation sites excluding steroid dienone is 2. The molecule has 0 aromatic carbocycles. The van der Waals surface area contributed by atoms with Crippen LogP contribution in [0.5, 0.6) is 0 Å². The summed E-state index contributed by atoms with van der Waals surface area (Å²) in [6, 6.07) is 0. The third-order valence-corrected chi connectivity index (χ3v) is 9.46. The molecule has 0 aliphatic heterocycles. The van der Waals surface area contributed by atoms with Gasteiger partial charge in [-0.05, 0) is 46.0 Å². The Morgan fingerprint density at radius 2 is 1.67 bits per heavy atom. The maximum Gasteiger partial charge on any atom is 0.507 e. The van der Waals surface area contributed by atoms with Gasteiger partial charge in [0.05, 0.1) is 0 Å². The van der Waals surface area contributed by atoms with Gasteiger partial charge in [-0.2, -0.15) is 0 Å². The summed E-state index contributed by atoms with van der Waals surface area (Å²) in [6.07, 6.45) is 5.95. The number of hydrogen-bond acceptors (Lipinski definition) is 3. The Kier molecular flexibility index (Phi) is 8.41. The molecule has 0 amide bonds. The van der Waals surface area contributed by atoms with Gasteiger partial charge >= 0.3 is 8.80 Å². The Bertz CT molecular complexity index is 327. The van der Waals surface area contributed by atoms with E-state index >= 15 is 0 Å². The molecule has 0 aromatic rings. The topological polar surface area (TPSA) is 27.7 Å². The number of alkyl halides is 1. The van der Waals surface area contributed by atoms with Crippen molar-refractivity contribution in [3.05, 3.63) is 11.6 Å². The van der Waals surface area contributed by atoms with Gasteiger partial charge in [-0.3, -0.25) is 0 Å². The molecule has 0 spiro atoms. The zero-order valence-corrected chi connectivity index (χ0v) is 17.4. The summed E-state index contributed by atoms with van der Waals surface area (Å²) < 4.78 is 19.6. The first-order valence-electron chi connectivity index (χ1n) is 8.13. The Labute approximate surface area is 145 Å². The van der Waals surface area contributed by atoms with E-state index in [4.69, 9.17) is 13.3 Å². The van der Waals surface area contributed by atoms with E-state index in [-0.39, 0.29) is 5.04 Å². The number of halogens is 1. The van der Waals surface area contributed by atoms with E-state index in [1.807, 2.05) is 20.8 Å². The van der Waals surface area contributed by atoms with Crippen molar-refractivity contribution < 1.29 is 13.3 Å². The maximum absolute atomic E-state index is 6.15. The molecule has 0 fully saturated rings. The third-order valence-electron chi connectivity index (χ3n) is 4.49. The van der Waals surface area contributed by atoms with E-state index in [1.165, 1.54) is 12.8 Å². The third kappa shape index (κ3) is 4.53. The largest absolute Gasteiger partial charge is 0.507 e. The lowest BCUT2D eigenvalue weighted by molar-refractivity contribution is 0.0353. The van der Waals surface area contributed by atoms with E-state index in [0.717, 1.165) is 10.8 Å². The van der Waals surface area contributed by atoms with Crippen LogP contribution in [0.1, 0.15) is 53.9 Å². The summed E-state index contributed by atoms with van der Waals surface area (Å²) in [7, 11) is -2.67. The molecule has 1 atom stereocenters. The monoisotopic (exact) mass is 426 g/mol. The van der Waals surface area contributed by atoms with Gasteiger partial charge in [-0.15, -0.1) is 0 Å². The minimum Gasteiger partial charge on any atom is -0.373 e. The van der Waals surface area contributed by atoms with Crippen molar-refractivity contribution in [2.24, 2.45) is 5.92 Å². The Hall–Kier alpha value is 0.567. The van der Waals surface area contributed by atoms with E-state index in [1.54, 1.807) is 5.57 Å². The van der Waals surface area contributed by atoms with Crippen molar-refractivity contribution >= 4 is 31.4 Å². The summed E-state index contributed by atoms with van der Waals surface area (Å²) in [5, 5.41) is -0.0532. The Morgan fingerprint density at radius 3 is 2.00 bits per heavy atom. The van der Waals surface area contributed by atoms with Crippen molar-refractivity contribution in [2.75, 3.05) is 24.2 Å². The van der Waals surface area contributed by atoms with Crippen LogP contribution in [0, 0.1) is 5.92 Å². The molecular formula is C16H31IO3Si. The molecule has 5 heteroatoms. The molecule has 0 heterocycles. The standard InChI is InChI=1S/C16H31IO3Si/c1-6-18-21(19-7-2,20-8-3)16(4,5)15-11-9-14(13-17)10-12-15/h9,15H,6-8,10-13H2,1-5H3. The van der Waals surface area contributed by atoms with Gasteiger partial charge < -0.3 is 13.3 Å². The minimum absolute atomic E-state index is 0.0532. The number of hydrogen-bond donors (Lipinski definition) is 0. The first-order valence-corrected chi connectivity index (χ1v) is 11.4. The van der Waals surface area contributed by atoms with E-state index in [2.05, 4.69) is 42.5 Å². The van der Waals surface area contributed by atoms with Gasteiger partial charge in [0, 0.05) is 29.3 Å². The van der Waals surface area contributed by atoms with Crippen LogP contribution in [0.15, 0.2) is 11.6 Å². The molecule has 3 nitrogen and oxygen atoms in total. The average molecular weight is 426 g/mol. The predicted molar refractivity (Wildman–Crippen MR) is 99.0 cm³/mol. The SMILES string of the molecule is CCO[Si](OCC)(OCC)C(C)(C)C1CC=C(CI)CC1. The molecular weight excluding hydrogens is 395 g/mol. The number of rotatable bonds is 9. The van der Waals surface area contributed by atoms with E-state index < -0.39 is 8.80 Å². The minimum atomic E-state index is -2.67. The molecule has 0 saturated carbocycles. The van der Waals surface area contributed by atoms with Gasteiger partial charge in [0.25, 0.3) is 0 Å². The zero-order chi connectivity index (χ0) is 15.9. The second kappa shape index (κ2) is 9.01. The summed E-state index contributed by atoms with van der Waals surface area (Å²) >= 11 is 2.46. The summed E-state index contributed by atoms with van der Waals surface area (Å²) in [6.45, 7) is 12.6. The molecule has 1 aliphatic carbocycles. The van der Waals surface area contributed by atoms with Gasteiger partial charge in [0.2, 0.25) is 0 Å². The highest BCUT2D eigenvalue weighted by Gasteiger charge is 2.58. The summed E-state index contributed by atoms with van der Waals surface area (Å²) in [4.78, 5) is 0. The molecule has 21 heavy (non-hydrogen) atoms. The fraction of sp³-hybridized carbons (Fsp3) is 0.875. The van der Waals surface area contributed by atoms with E-state index in [0.29, 0.717) is 25.7 Å². The molecule has 0 radical (unpaired) electrons. The highest BCUT2D eigenvalue weighted by molar-refractivity contribution is 14.1. The lowest BCUT2D eigenvalue weighted by atomic mass is 9.82. The molecule has 1 rings (SSSR count). The van der Waals surface area contributed by atoms with Gasteiger partial charge in [-0.1, -0.05) is 48.1 Å². The van der Waals surface area contributed by atoms with Crippen LogP contribution in [0.2, 0.25) is 5.04 Å². The Morgan fingerprint density at radius 1 is 1.14 bits per heavy atom. The Balaban J connectivity index is 3.00. The maximum atomic E-state index is 6.15. The highest BCUT2D eigenvalue weighted by Crippen LogP contribution is 2.51. The molecule has 0 saturated heterocycles. The molecule has 0 N–H and O–H groups in total. The highest BCUT2D eigenvalue weighted by atomic mass is 127. The molecule has 0 bridgehead atoms. The molecule has 0 aromatic heterocycles. The van der Waals surface area contributed by atoms with Crippen LogP contribution >= 0.6 is 22.6 Å². The van der Waals surface area contributed by atoms with Crippen LogP contribution in [0.4, 0.5) is 0 Å². The van der Waals surface area contributed by atoms with E-state index in [9.17, 15) is 0 Å². The second-order valence-corrected chi connectivity index (χ2v) is 10.1. The predicted octanol–water partition coefficient (Wildman–Crippen LogP) is 4.98. The lowest BCUT2D eigenvalue weighted by Gasteiger charge is -2.46. The van der Waals surface area contributed by atoms with Crippen molar-refractivity contribution in [2.45, 2.75) is 58.9 Å². The molecule has 1 unspecified atom stereocenters. The van der Waals surface area contributed by atoms with Gasteiger partial charge in [0.1, 0.15) is 0 Å². The van der Waals surface area contributed by atoms with Crippen molar-refractivity contribution in [1.29, 1.82) is 0 Å². The lowest BCUT2D eigenvalue weighted by Crippen LogP contribution is -2.57. The van der Waals surface area contributed by atoms with Crippen molar-refractivity contribution in [1.82, 2.24) is 0 Å². The average Bonchev–Trinajstić information content (AvgIpc) is 2.48.